The molecule has 0 aliphatic carbocycles. The molecule has 0 aliphatic rings. The predicted octanol–water partition coefficient (Wildman–Crippen LogP) is 3.61. The van der Waals surface area contributed by atoms with Crippen molar-refractivity contribution in [3.8, 4) is 5.75 Å². The van der Waals surface area contributed by atoms with Crippen LogP contribution in [-0.4, -0.2) is 30.2 Å². The zero-order valence-corrected chi connectivity index (χ0v) is 14.4. The van der Waals surface area contributed by atoms with Gasteiger partial charge < -0.3 is 14.1 Å². The SMILES string of the molecule is CC(=O)c1ccc(OCCCC(=O)N(C)Cc2ccc(C)o2)cc1. The maximum Gasteiger partial charge on any atom is 0.222 e. The highest BCUT2D eigenvalue weighted by Gasteiger charge is 2.11. The van der Waals surface area contributed by atoms with Crippen molar-refractivity contribution in [1.29, 1.82) is 0 Å². The molecule has 0 saturated carbocycles. The highest BCUT2D eigenvalue weighted by Crippen LogP contribution is 2.13. The number of carbonyl (C=O) groups is 2. The Balaban J connectivity index is 1.69. The molecule has 0 saturated heterocycles. The molecule has 0 aliphatic heterocycles. The molecule has 0 atom stereocenters. The minimum absolute atomic E-state index is 0.0296. The first-order valence-electron chi connectivity index (χ1n) is 7.99. The topological polar surface area (TPSA) is 59.8 Å². The van der Waals surface area contributed by atoms with E-state index in [1.165, 1.54) is 6.92 Å². The molecule has 0 spiro atoms. The summed E-state index contributed by atoms with van der Waals surface area (Å²) in [6.07, 6.45) is 1.05. The number of hydrogen-bond acceptors (Lipinski definition) is 4. The van der Waals surface area contributed by atoms with Gasteiger partial charge in [0.25, 0.3) is 0 Å². The second kappa shape index (κ2) is 8.34. The predicted molar refractivity (Wildman–Crippen MR) is 91.1 cm³/mol. The van der Waals surface area contributed by atoms with Gasteiger partial charge in [0.1, 0.15) is 17.3 Å². The summed E-state index contributed by atoms with van der Waals surface area (Å²) in [5.41, 5.74) is 0.660. The quantitative estimate of drug-likeness (QED) is 0.548. The maximum absolute atomic E-state index is 12.1. The van der Waals surface area contributed by atoms with Crippen molar-refractivity contribution in [3.63, 3.8) is 0 Å². The number of hydrogen-bond donors (Lipinski definition) is 0. The number of ketones is 1. The van der Waals surface area contributed by atoms with Crippen LogP contribution in [0.4, 0.5) is 0 Å². The summed E-state index contributed by atoms with van der Waals surface area (Å²) in [4.78, 5) is 24.9. The van der Waals surface area contributed by atoms with Gasteiger partial charge in [-0.05, 0) is 56.7 Å². The number of rotatable bonds is 8. The number of ether oxygens (including phenoxy) is 1. The molecule has 0 N–H and O–H groups in total. The van der Waals surface area contributed by atoms with Crippen LogP contribution in [0.25, 0.3) is 0 Å². The Kier molecular flexibility index (Phi) is 6.18. The molecule has 0 bridgehead atoms. The lowest BCUT2D eigenvalue weighted by Gasteiger charge is -2.15. The average molecular weight is 329 g/mol. The third-order valence-electron chi connectivity index (χ3n) is 3.68. The number of benzene rings is 1. The summed E-state index contributed by atoms with van der Waals surface area (Å²) in [5.74, 6) is 2.41. The van der Waals surface area contributed by atoms with Crippen molar-refractivity contribution in [2.75, 3.05) is 13.7 Å². The van der Waals surface area contributed by atoms with Gasteiger partial charge in [-0.2, -0.15) is 0 Å². The van der Waals surface area contributed by atoms with Gasteiger partial charge in [0.15, 0.2) is 5.78 Å². The largest absolute Gasteiger partial charge is 0.494 e. The zero-order valence-electron chi connectivity index (χ0n) is 14.4. The van der Waals surface area contributed by atoms with Gasteiger partial charge in [-0.15, -0.1) is 0 Å². The lowest BCUT2D eigenvalue weighted by Crippen LogP contribution is -2.26. The van der Waals surface area contributed by atoms with Crippen LogP contribution < -0.4 is 4.74 Å². The number of aryl methyl sites for hydroxylation is 1. The molecule has 5 heteroatoms. The molecule has 0 unspecified atom stereocenters. The molecule has 1 aromatic carbocycles. The fraction of sp³-hybridized carbons (Fsp3) is 0.368. The number of Topliss-reactive ketones (excluding diaryl/α,β-unsaturated/α-hetero) is 1. The van der Waals surface area contributed by atoms with Crippen LogP contribution in [-0.2, 0) is 11.3 Å². The molecule has 0 radical (unpaired) electrons. The Morgan fingerprint density at radius 2 is 1.83 bits per heavy atom. The Morgan fingerprint density at radius 3 is 2.42 bits per heavy atom. The lowest BCUT2D eigenvalue weighted by atomic mass is 10.1. The summed E-state index contributed by atoms with van der Waals surface area (Å²) in [6, 6.07) is 10.8. The summed E-state index contributed by atoms with van der Waals surface area (Å²) in [7, 11) is 1.77. The molecule has 128 valence electrons. The fourth-order valence-electron chi connectivity index (χ4n) is 2.28. The standard InChI is InChI=1S/C19H23NO4/c1-14-6-9-18(24-14)13-20(3)19(22)5-4-12-23-17-10-7-16(8-11-17)15(2)21/h6-11H,4-5,12-13H2,1-3H3. The van der Waals surface area contributed by atoms with Crippen LogP contribution in [0.2, 0.25) is 0 Å². The summed E-state index contributed by atoms with van der Waals surface area (Å²) < 4.78 is 11.1. The van der Waals surface area contributed by atoms with Crippen molar-refractivity contribution < 1.29 is 18.7 Å². The summed E-state index contributed by atoms with van der Waals surface area (Å²) in [5, 5.41) is 0. The molecule has 5 nitrogen and oxygen atoms in total. The van der Waals surface area contributed by atoms with Crippen LogP contribution >= 0.6 is 0 Å². The van der Waals surface area contributed by atoms with E-state index in [1.807, 2.05) is 19.1 Å². The monoisotopic (exact) mass is 329 g/mol. The first-order chi connectivity index (χ1) is 11.5. The Bertz CT molecular complexity index is 688. The highest BCUT2D eigenvalue weighted by atomic mass is 16.5. The number of carbonyl (C=O) groups excluding carboxylic acids is 2. The van der Waals surface area contributed by atoms with Crippen molar-refractivity contribution in [2.45, 2.75) is 33.2 Å². The van der Waals surface area contributed by atoms with E-state index in [0.29, 0.717) is 37.3 Å². The third kappa shape index (κ3) is 5.26. The van der Waals surface area contributed by atoms with Crippen LogP contribution in [0.15, 0.2) is 40.8 Å². The second-order valence-corrected chi connectivity index (χ2v) is 5.79. The van der Waals surface area contributed by atoms with Crippen LogP contribution in [0.3, 0.4) is 0 Å². The molecule has 2 rings (SSSR count). The minimum Gasteiger partial charge on any atom is -0.494 e. The van der Waals surface area contributed by atoms with Gasteiger partial charge in [-0.3, -0.25) is 9.59 Å². The van der Waals surface area contributed by atoms with Crippen LogP contribution in [0.1, 0.15) is 41.6 Å². The Morgan fingerprint density at radius 1 is 1.12 bits per heavy atom. The van der Waals surface area contributed by atoms with E-state index < -0.39 is 0 Å². The van der Waals surface area contributed by atoms with Crippen molar-refractivity contribution in [3.05, 3.63) is 53.5 Å². The van der Waals surface area contributed by atoms with E-state index in [-0.39, 0.29) is 11.7 Å². The molecule has 24 heavy (non-hydrogen) atoms. The lowest BCUT2D eigenvalue weighted by molar-refractivity contribution is -0.130. The maximum atomic E-state index is 12.1. The first kappa shape index (κ1) is 17.8. The van der Waals surface area contributed by atoms with Gasteiger partial charge in [0, 0.05) is 19.0 Å². The second-order valence-electron chi connectivity index (χ2n) is 5.79. The molecule has 1 aromatic heterocycles. The molecule has 0 fully saturated rings. The average Bonchev–Trinajstić information content (AvgIpc) is 2.96. The van der Waals surface area contributed by atoms with Gasteiger partial charge in [-0.25, -0.2) is 0 Å². The molecular formula is C19H23NO4. The van der Waals surface area contributed by atoms with Gasteiger partial charge in [-0.1, -0.05) is 0 Å². The van der Waals surface area contributed by atoms with Gasteiger partial charge in [0.05, 0.1) is 13.2 Å². The summed E-state index contributed by atoms with van der Waals surface area (Å²) in [6.45, 7) is 4.34. The van der Waals surface area contributed by atoms with E-state index in [0.717, 1.165) is 11.5 Å². The van der Waals surface area contributed by atoms with E-state index in [1.54, 1.807) is 36.2 Å². The molecule has 1 heterocycles. The molecular weight excluding hydrogens is 306 g/mol. The third-order valence-corrected chi connectivity index (χ3v) is 3.68. The number of nitrogens with zero attached hydrogens (tertiary/aromatic N) is 1. The van der Waals surface area contributed by atoms with E-state index >= 15 is 0 Å². The Hall–Kier alpha value is -2.56. The normalized spacial score (nSPS) is 10.5. The number of amides is 1. The van der Waals surface area contributed by atoms with Crippen molar-refractivity contribution >= 4 is 11.7 Å². The van der Waals surface area contributed by atoms with E-state index in [2.05, 4.69) is 0 Å². The van der Waals surface area contributed by atoms with E-state index in [4.69, 9.17) is 9.15 Å². The Labute approximate surface area is 142 Å². The zero-order chi connectivity index (χ0) is 17.5. The van der Waals surface area contributed by atoms with E-state index in [9.17, 15) is 9.59 Å². The van der Waals surface area contributed by atoms with Crippen molar-refractivity contribution in [1.82, 2.24) is 4.90 Å². The fourth-order valence-corrected chi connectivity index (χ4v) is 2.28. The highest BCUT2D eigenvalue weighted by molar-refractivity contribution is 5.94. The van der Waals surface area contributed by atoms with Gasteiger partial charge in [0.2, 0.25) is 5.91 Å². The molecule has 2 aromatic rings. The number of furan rings is 1. The van der Waals surface area contributed by atoms with Crippen molar-refractivity contribution in [2.24, 2.45) is 0 Å². The summed E-state index contributed by atoms with van der Waals surface area (Å²) >= 11 is 0. The molecule has 1 amide bonds. The smallest absolute Gasteiger partial charge is 0.222 e. The van der Waals surface area contributed by atoms with Crippen LogP contribution in [0, 0.1) is 6.92 Å². The van der Waals surface area contributed by atoms with Gasteiger partial charge >= 0.3 is 0 Å². The minimum atomic E-state index is 0.0296. The van der Waals surface area contributed by atoms with Crippen LogP contribution in [0.5, 0.6) is 5.75 Å². The first-order valence-corrected chi connectivity index (χ1v) is 7.99.